The highest BCUT2D eigenvalue weighted by Gasteiger charge is 2.21. The van der Waals surface area contributed by atoms with Gasteiger partial charge in [-0.25, -0.2) is 8.42 Å². The standard InChI is InChI=1S/C19H20N2O5S/c1-4-26-17-9-10-18(14-6-5-11-20-19(14)17)27(22,23)21-15-12-13(24-2)7-8-16(15)25-3/h5-12,21H,4H2,1-3H3. The number of aromatic nitrogens is 1. The minimum Gasteiger partial charge on any atom is -0.497 e. The fourth-order valence-electron chi connectivity index (χ4n) is 2.72. The molecule has 0 saturated carbocycles. The summed E-state index contributed by atoms with van der Waals surface area (Å²) in [6.45, 7) is 2.31. The van der Waals surface area contributed by atoms with Gasteiger partial charge in [0.2, 0.25) is 0 Å². The zero-order chi connectivity index (χ0) is 19.4. The van der Waals surface area contributed by atoms with Crippen LogP contribution in [0.25, 0.3) is 10.9 Å². The van der Waals surface area contributed by atoms with Crippen molar-refractivity contribution in [2.24, 2.45) is 0 Å². The van der Waals surface area contributed by atoms with Crippen molar-refractivity contribution in [2.75, 3.05) is 25.5 Å². The monoisotopic (exact) mass is 388 g/mol. The second-order valence-corrected chi connectivity index (χ2v) is 7.22. The van der Waals surface area contributed by atoms with E-state index in [1.54, 1.807) is 42.6 Å². The molecular weight excluding hydrogens is 368 g/mol. The molecule has 3 aromatic rings. The average Bonchev–Trinajstić information content (AvgIpc) is 2.68. The van der Waals surface area contributed by atoms with Crippen molar-refractivity contribution in [3.05, 3.63) is 48.7 Å². The predicted molar refractivity (Wildman–Crippen MR) is 103 cm³/mol. The van der Waals surface area contributed by atoms with Crippen LogP contribution < -0.4 is 18.9 Å². The van der Waals surface area contributed by atoms with E-state index >= 15 is 0 Å². The molecule has 0 atom stereocenters. The van der Waals surface area contributed by atoms with E-state index in [1.165, 1.54) is 20.3 Å². The first kappa shape index (κ1) is 18.8. The molecule has 0 aliphatic carbocycles. The van der Waals surface area contributed by atoms with Gasteiger partial charge in [-0.2, -0.15) is 0 Å². The molecule has 27 heavy (non-hydrogen) atoms. The number of anilines is 1. The number of hydrogen-bond donors (Lipinski definition) is 1. The quantitative estimate of drug-likeness (QED) is 0.667. The number of methoxy groups -OCH3 is 2. The van der Waals surface area contributed by atoms with Gasteiger partial charge < -0.3 is 14.2 Å². The van der Waals surface area contributed by atoms with E-state index in [9.17, 15) is 8.42 Å². The third-order valence-corrected chi connectivity index (χ3v) is 5.36. The third kappa shape index (κ3) is 3.75. The number of nitrogens with zero attached hydrogens (tertiary/aromatic N) is 1. The van der Waals surface area contributed by atoms with Crippen molar-refractivity contribution in [3.63, 3.8) is 0 Å². The zero-order valence-electron chi connectivity index (χ0n) is 15.2. The van der Waals surface area contributed by atoms with E-state index in [2.05, 4.69) is 9.71 Å². The number of benzene rings is 2. The van der Waals surface area contributed by atoms with Crippen LogP contribution in [0.4, 0.5) is 5.69 Å². The fraction of sp³-hybridized carbons (Fsp3) is 0.211. The number of ether oxygens (including phenoxy) is 3. The number of pyridine rings is 1. The summed E-state index contributed by atoms with van der Waals surface area (Å²) in [6, 6.07) is 11.4. The van der Waals surface area contributed by atoms with Crippen molar-refractivity contribution in [2.45, 2.75) is 11.8 Å². The maximum Gasteiger partial charge on any atom is 0.262 e. The molecule has 0 aliphatic rings. The first-order valence-corrected chi connectivity index (χ1v) is 9.74. The fourth-order valence-corrected chi connectivity index (χ4v) is 3.98. The van der Waals surface area contributed by atoms with E-state index in [1.807, 2.05) is 6.92 Å². The Morgan fingerprint density at radius 3 is 2.52 bits per heavy atom. The molecule has 0 unspecified atom stereocenters. The molecule has 1 N–H and O–H groups in total. The Balaban J connectivity index is 2.10. The highest BCUT2D eigenvalue weighted by atomic mass is 32.2. The molecule has 1 aromatic heterocycles. The van der Waals surface area contributed by atoms with Crippen LogP contribution in [0.5, 0.6) is 17.2 Å². The number of hydrogen-bond acceptors (Lipinski definition) is 6. The molecule has 0 aliphatic heterocycles. The van der Waals surface area contributed by atoms with Gasteiger partial charge in [-0.05, 0) is 43.3 Å². The summed E-state index contributed by atoms with van der Waals surface area (Å²) < 4.78 is 44.7. The molecule has 8 heteroatoms. The van der Waals surface area contributed by atoms with Gasteiger partial charge in [-0.15, -0.1) is 0 Å². The van der Waals surface area contributed by atoms with Crippen molar-refractivity contribution < 1.29 is 22.6 Å². The summed E-state index contributed by atoms with van der Waals surface area (Å²) in [7, 11) is -0.937. The molecular formula is C19H20N2O5S. The number of rotatable bonds is 7. The van der Waals surface area contributed by atoms with Crippen LogP contribution in [-0.4, -0.2) is 34.2 Å². The third-order valence-electron chi connectivity index (χ3n) is 3.93. The van der Waals surface area contributed by atoms with E-state index in [-0.39, 0.29) is 10.6 Å². The van der Waals surface area contributed by atoms with Crippen LogP contribution in [-0.2, 0) is 10.0 Å². The number of fused-ring (bicyclic) bond motifs is 1. The van der Waals surface area contributed by atoms with Gasteiger partial charge in [0.25, 0.3) is 10.0 Å². The van der Waals surface area contributed by atoms with Gasteiger partial charge in [0.05, 0.1) is 31.4 Å². The second kappa shape index (κ2) is 7.71. The minimum atomic E-state index is -3.91. The Kier molecular flexibility index (Phi) is 5.36. The first-order valence-electron chi connectivity index (χ1n) is 8.25. The van der Waals surface area contributed by atoms with E-state index in [0.29, 0.717) is 34.8 Å². The minimum absolute atomic E-state index is 0.0962. The molecule has 142 valence electrons. The molecule has 7 nitrogen and oxygen atoms in total. The molecule has 3 rings (SSSR count). The van der Waals surface area contributed by atoms with Gasteiger partial charge in [0.1, 0.15) is 22.8 Å². The Hall–Kier alpha value is -3.00. The zero-order valence-corrected chi connectivity index (χ0v) is 16.0. The van der Waals surface area contributed by atoms with E-state index in [0.717, 1.165) is 0 Å². The molecule has 0 radical (unpaired) electrons. The highest BCUT2D eigenvalue weighted by Crippen LogP contribution is 2.34. The topological polar surface area (TPSA) is 86.8 Å². The molecule has 0 saturated heterocycles. The Labute approximate surface area is 158 Å². The molecule has 0 bridgehead atoms. The summed E-state index contributed by atoms with van der Waals surface area (Å²) in [4.78, 5) is 4.38. The van der Waals surface area contributed by atoms with Gasteiger partial charge >= 0.3 is 0 Å². The summed E-state index contributed by atoms with van der Waals surface area (Å²) in [5.74, 6) is 1.42. The van der Waals surface area contributed by atoms with Crippen molar-refractivity contribution in [1.29, 1.82) is 0 Å². The Morgan fingerprint density at radius 2 is 1.81 bits per heavy atom. The first-order chi connectivity index (χ1) is 13.0. The molecule has 1 heterocycles. The van der Waals surface area contributed by atoms with Crippen LogP contribution >= 0.6 is 0 Å². The summed E-state index contributed by atoms with van der Waals surface area (Å²) in [5, 5.41) is 0.470. The van der Waals surface area contributed by atoms with Crippen LogP contribution in [0, 0.1) is 0 Å². The average molecular weight is 388 g/mol. The molecule has 0 spiro atoms. The molecule has 0 fully saturated rings. The highest BCUT2D eigenvalue weighted by molar-refractivity contribution is 7.93. The number of nitrogens with one attached hydrogen (secondary N) is 1. The Bertz CT molecular complexity index is 1070. The van der Waals surface area contributed by atoms with Crippen molar-refractivity contribution in [1.82, 2.24) is 4.98 Å². The lowest BCUT2D eigenvalue weighted by atomic mass is 10.2. The molecule has 0 amide bonds. The van der Waals surface area contributed by atoms with E-state index in [4.69, 9.17) is 14.2 Å². The maximum atomic E-state index is 13.1. The van der Waals surface area contributed by atoms with E-state index < -0.39 is 10.0 Å². The van der Waals surface area contributed by atoms with Crippen molar-refractivity contribution in [3.8, 4) is 17.2 Å². The van der Waals surface area contributed by atoms with Gasteiger partial charge in [-0.3, -0.25) is 9.71 Å². The lowest BCUT2D eigenvalue weighted by Crippen LogP contribution is -2.14. The number of sulfonamides is 1. The van der Waals surface area contributed by atoms with Gasteiger partial charge in [0.15, 0.2) is 0 Å². The second-order valence-electron chi connectivity index (χ2n) is 5.57. The van der Waals surface area contributed by atoms with Gasteiger partial charge in [0, 0.05) is 17.6 Å². The lowest BCUT2D eigenvalue weighted by Gasteiger charge is -2.15. The van der Waals surface area contributed by atoms with Crippen LogP contribution in [0.15, 0.2) is 53.6 Å². The summed E-state index contributed by atoms with van der Waals surface area (Å²) in [6.07, 6.45) is 1.60. The summed E-state index contributed by atoms with van der Waals surface area (Å²) in [5.41, 5.74) is 0.766. The summed E-state index contributed by atoms with van der Waals surface area (Å²) >= 11 is 0. The smallest absolute Gasteiger partial charge is 0.262 e. The predicted octanol–water partition coefficient (Wildman–Crippen LogP) is 3.45. The lowest BCUT2D eigenvalue weighted by molar-refractivity contribution is 0.343. The van der Waals surface area contributed by atoms with Crippen LogP contribution in [0.2, 0.25) is 0 Å². The normalized spacial score (nSPS) is 11.2. The SMILES string of the molecule is CCOc1ccc(S(=O)(=O)Nc2cc(OC)ccc2OC)c2cccnc12. The van der Waals surface area contributed by atoms with Crippen LogP contribution in [0.3, 0.4) is 0 Å². The van der Waals surface area contributed by atoms with Crippen LogP contribution in [0.1, 0.15) is 6.92 Å². The molecule has 2 aromatic carbocycles. The van der Waals surface area contributed by atoms with Crippen molar-refractivity contribution >= 4 is 26.6 Å². The van der Waals surface area contributed by atoms with Gasteiger partial charge in [-0.1, -0.05) is 0 Å². The largest absolute Gasteiger partial charge is 0.497 e. The maximum absolute atomic E-state index is 13.1. The Morgan fingerprint density at radius 1 is 1.04 bits per heavy atom.